The van der Waals surface area contributed by atoms with Crippen molar-refractivity contribution in [2.75, 3.05) is 11.5 Å². The Labute approximate surface area is 111 Å². The van der Waals surface area contributed by atoms with Gasteiger partial charge in [-0.25, -0.2) is 4.98 Å². The van der Waals surface area contributed by atoms with Gasteiger partial charge in [-0.05, 0) is 17.8 Å². The molecule has 2 rings (SSSR count). The predicted molar refractivity (Wildman–Crippen MR) is 70.9 cm³/mol. The molecule has 0 atom stereocenters. The molecule has 1 aromatic carbocycles. The van der Waals surface area contributed by atoms with Crippen molar-refractivity contribution in [2.45, 2.75) is 10.1 Å². The van der Waals surface area contributed by atoms with Crippen molar-refractivity contribution in [1.82, 2.24) is 9.97 Å². The summed E-state index contributed by atoms with van der Waals surface area (Å²) in [7, 11) is 0. The number of nitrogen functional groups attached to an aromatic ring is 2. The zero-order valence-corrected chi connectivity index (χ0v) is 10.3. The Kier molecular flexibility index (Phi) is 3.38. The Morgan fingerprint density at radius 2 is 2.05 bits per heavy atom. The quantitative estimate of drug-likeness (QED) is 0.329. The molecule has 0 unspecified atom stereocenters. The van der Waals surface area contributed by atoms with Crippen LogP contribution < -0.4 is 17.0 Å². The molecule has 0 saturated carbocycles. The summed E-state index contributed by atoms with van der Waals surface area (Å²) < 4.78 is 0. The van der Waals surface area contributed by atoms with Crippen LogP contribution in [0.4, 0.5) is 17.2 Å². The second-order valence-corrected chi connectivity index (χ2v) is 4.59. The molecule has 0 saturated heterocycles. The largest absolute Gasteiger partial charge is 0.398 e. The van der Waals surface area contributed by atoms with Gasteiger partial charge in [0.25, 0.3) is 11.2 Å². The van der Waals surface area contributed by atoms with E-state index in [2.05, 4.69) is 9.97 Å². The van der Waals surface area contributed by atoms with Crippen LogP contribution in [0.3, 0.4) is 0 Å². The normalized spacial score (nSPS) is 10.3. The van der Waals surface area contributed by atoms with Gasteiger partial charge >= 0.3 is 0 Å². The number of anilines is 2. The number of benzene rings is 1. The van der Waals surface area contributed by atoms with Crippen LogP contribution in [0.25, 0.3) is 0 Å². The summed E-state index contributed by atoms with van der Waals surface area (Å²) in [6.07, 6.45) is 0. The maximum absolute atomic E-state index is 11.2. The lowest BCUT2D eigenvalue weighted by atomic mass is 10.3. The number of rotatable bonds is 3. The molecule has 0 bridgehead atoms. The van der Waals surface area contributed by atoms with Crippen LogP contribution in [0.1, 0.15) is 0 Å². The van der Waals surface area contributed by atoms with Gasteiger partial charge in [0.05, 0.1) is 10.6 Å². The van der Waals surface area contributed by atoms with E-state index >= 15 is 0 Å². The van der Waals surface area contributed by atoms with Crippen LogP contribution in [0.15, 0.2) is 39.1 Å². The molecular weight excluding hydrogens is 270 g/mol. The molecule has 0 spiro atoms. The van der Waals surface area contributed by atoms with E-state index in [4.69, 9.17) is 11.5 Å². The number of hydrogen-bond acceptors (Lipinski definition) is 7. The van der Waals surface area contributed by atoms with E-state index in [1.165, 1.54) is 18.2 Å². The van der Waals surface area contributed by atoms with Gasteiger partial charge in [-0.1, -0.05) is 0 Å². The number of H-pyrrole nitrogens is 1. The topological polar surface area (TPSA) is 141 Å². The summed E-state index contributed by atoms with van der Waals surface area (Å²) in [5.74, 6) is 0.0896. The van der Waals surface area contributed by atoms with Crippen molar-refractivity contribution in [3.8, 4) is 0 Å². The van der Waals surface area contributed by atoms with Gasteiger partial charge in [0.2, 0.25) is 0 Å². The van der Waals surface area contributed by atoms with Crippen molar-refractivity contribution in [1.29, 1.82) is 0 Å². The molecule has 98 valence electrons. The zero-order chi connectivity index (χ0) is 14.0. The predicted octanol–water partition coefficient (Wildman–Crippen LogP) is 0.994. The highest BCUT2D eigenvalue weighted by atomic mass is 32.2. The van der Waals surface area contributed by atoms with Gasteiger partial charge in [-0.3, -0.25) is 14.9 Å². The lowest BCUT2D eigenvalue weighted by molar-refractivity contribution is -0.384. The standard InChI is InChI=1S/C10H9N5O3S/c11-6-3-5(15(17)18)1-2-7(6)19-10-13-8(12)4-9(16)14-10/h1-4H,11H2,(H3,12,13,14,16). The third kappa shape index (κ3) is 3.01. The second-order valence-electron chi connectivity index (χ2n) is 3.56. The molecule has 19 heavy (non-hydrogen) atoms. The highest BCUT2D eigenvalue weighted by Gasteiger charge is 2.10. The molecule has 0 aliphatic heterocycles. The number of hydrogen-bond donors (Lipinski definition) is 3. The maximum Gasteiger partial charge on any atom is 0.271 e. The first-order chi connectivity index (χ1) is 8.95. The summed E-state index contributed by atoms with van der Waals surface area (Å²) in [5.41, 5.74) is 10.9. The number of nitro benzene ring substituents is 1. The highest BCUT2D eigenvalue weighted by molar-refractivity contribution is 7.99. The first-order valence-corrected chi connectivity index (χ1v) is 5.86. The lowest BCUT2D eigenvalue weighted by Gasteiger charge is -2.04. The Morgan fingerprint density at radius 3 is 2.63 bits per heavy atom. The molecule has 0 aliphatic carbocycles. The van der Waals surface area contributed by atoms with Gasteiger partial charge < -0.3 is 16.5 Å². The maximum atomic E-state index is 11.2. The summed E-state index contributed by atoms with van der Waals surface area (Å²) in [5, 5.41) is 10.8. The fraction of sp³-hybridized carbons (Fsp3) is 0. The summed E-state index contributed by atoms with van der Waals surface area (Å²) in [6, 6.07) is 5.21. The summed E-state index contributed by atoms with van der Waals surface area (Å²) >= 11 is 1.07. The van der Waals surface area contributed by atoms with E-state index in [9.17, 15) is 14.9 Å². The van der Waals surface area contributed by atoms with Crippen LogP contribution in [-0.2, 0) is 0 Å². The number of nitrogens with zero attached hydrogens (tertiary/aromatic N) is 2. The number of aromatic amines is 1. The van der Waals surface area contributed by atoms with Gasteiger partial charge in [0, 0.05) is 23.1 Å². The molecule has 0 fully saturated rings. The van der Waals surface area contributed by atoms with E-state index in [1.54, 1.807) is 0 Å². The van der Waals surface area contributed by atoms with Crippen LogP contribution >= 0.6 is 11.8 Å². The van der Waals surface area contributed by atoms with Crippen molar-refractivity contribution in [3.05, 3.63) is 44.7 Å². The van der Waals surface area contributed by atoms with Crippen LogP contribution in [0, 0.1) is 10.1 Å². The fourth-order valence-corrected chi connectivity index (χ4v) is 2.17. The van der Waals surface area contributed by atoms with Crippen LogP contribution in [0.2, 0.25) is 0 Å². The molecule has 8 nitrogen and oxygen atoms in total. The first-order valence-electron chi connectivity index (χ1n) is 5.04. The molecule has 5 N–H and O–H groups in total. The van der Waals surface area contributed by atoms with E-state index in [0.29, 0.717) is 4.90 Å². The monoisotopic (exact) mass is 279 g/mol. The van der Waals surface area contributed by atoms with Crippen molar-refractivity contribution in [2.24, 2.45) is 0 Å². The summed E-state index contributed by atoms with van der Waals surface area (Å²) in [4.78, 5) is 28.2. The van der Waals surface area contributed by atoms with Gasteiger partial charge in [0.15, 0.2) is 5.16 Å². The SMILES string of the molecule is Nc1cc(=O)[nH]c(Sc2ccc([N+](=O)[O-])cc2N)n1. The number of nitrogens with two attached hydrogens (primary N) is 2. The highest BCUT2D eigenvalue weighted by Crippen LogP contribution is 2.31. The molecule has 0 radical (unpaired) electrons. The molecular formula is C10H9N5O3S. The Morgan fingerprint density at radius 1 is 1.32 bits per heavy atom. The van der Waals surface area contributed by atoms with Crippen molar-refractivity contribution < 1.29 is 4.92 Å². The Bertz CT molecular complexity index is 700. The smallest absolute Gasteiger partial charge is 0.271 e. The lowest BCUT2D eigenvalue weighted by Crippen LogP contribution is -2.09. The van der Waals surface area contributed by atoms with Crippen molar-refractivity contribution in [3.63, 3.8) is 0 Å². The number of aromatic nitrogens is 2. The number of non-ortho nitro benzene ring substituents is 1. The first kappa shape index (κ1) is 12.9. The molecule has 1 aromatic heterocycles. The molecule has 0 aliphatic rings. The summed E-state index contributed by atoms with van der Waals surface area (Å²) in [6.45, 7) is 0. The molecule has 1 heterocycles. The van der Waals surface area contributed by atoms with E-state index in [0.717, 1.165) is 17.8 Å². The minimum Gasteiger partial charge on any atom is -0.398 e. The third-order valence-corrected chi connectivity index (χ3v) is 3.13. The minimum atomic E-state index is -0.536. The Hall–Kier alpha value is -2.55. The molecule has 0 amide bonds. The molecule has 9 heteroatoms. The third-order valence-electron chi connectivity index (χ3n) is 2.15. The van der Waals surface area contributed by atoms with Gasteiger partial charge in [-0.2, -0.15) is 0 Å². The van der Waals surface area contributed by atoms with Crippen LogP contribution in [0.5, 0.6) is 0 Å². The van der Waals surface area contributed by atoms with Crippen molar-refractivity contribution >= 4 is 29.0 Å². The fourth-order valence-electron chi connectivity index (χ4n) is 1.35. The second kappa shape index (κ2) is 4.98. The number of nitrogens with one attached hydrogen (secondary N) is 1. The average Bonchev–Trinajstić information content (AvgIpc) is 2.30. The van der Waals surface area contributed by atoms with E-state index in [-0.39, 0.29) is 27.9 Å². The average molecular weight is 279 g/mol. The van der Waals surface area contributed by atoms with Crippen LogP contribution in [-0.4, -0.2) is 14.9 Å². The van der Waals surface area contributed by atoms with Gasteiger partial charge in [-0.15, -0.1) is 0 Å². The van der Waals surface area contributed by atoms with Gasteiger partial charge in [0.1, 0.15) is 5.82 Å². The molecule has 2 aromatic rings. The van der Waals surface area contributed by atoms with E-state index in [1.807, 2.05) is 0 Å². The number of nitro groups is 1. The minimum absolute atomic E-state index is 0.0896. The Balaban J connectivity index is 2.33. The zero-order valence-electron chi connectivity index (χ0n) is 9.49. The van der Waals surface area contributed by atoms with E-state index < -0.39 is 4.92 Å².